The summed E-state index contributed by atoms with van der Waals surface area (Å²) in [4.78, 5) is 32.6. The Morgan fingerprint density at radius 3 is 2.81 bits per heavy atom. The molecule has 1 N–H and O–H groups in total. The Bertz CT molecular complexity index is 1130. The maximum Gasteiger partial charge on any atom is 0.413 e. The van der Waals surface area contributed by atoms with Crippen molar-refractivity contribution in [2.45, 2.75) is 6.92 Å². The van der Waals surface area contributed by atoms with E-state index in [4.69, 9.17) is 4.74 Å². The Hall–Kier alpha value is -2.91. The van der Waals surface area contributed by atoms with Gasteiger partial charge >= 0.3 is 6.09 Å². The monoisotopic (exact) mass is 400 g/mol. The predicted octanol–water partition coefficient (Wildman–Crippen LogP) is 4.46. The quantitative estimate of drug-likeness (QED) is 0.549. The maximum atomic E-state index is 12.5. The highest BCUT2D eigenvalue weighted by Crippen LogP contribution is 2.29. The van der Waals surface area contributed by atoms with Crippen LogP contribution in [-0.4, -0.2) is 35.0 Å². The molecule has 27 heavy (non-hydrogen) atoms. The topological polar surface area (TPSA) is 75.9 Å². The number of anilines is 2. The van der Waals surface area contributed by atoms with Crippen LogP contribution in [0.2, 0.25) is 0 Å². The Balaban J connectivity index is 1.49. The SMILES string of the molecule is CCOC(=O)N(C)c1ccc(NC(=O)c2cc3c(nc4sccn43)s2)cc1. The first-order valence-electron chi connectivity index (χ1n) is 8.24. The van der Waals surface area contributed by atoms with Gasteiger partial charge in [0.05, 0.1) is 17.0 Å². The Kier molecular flexibility index (Phi) is 4.54. The van der Waals surface area contributed by atoms with E-state index >= 15 is 0 Å². The number of hydrogen-bond donors (Lipinski definition) is 1. The largest absolute Gasteiger partial charge is 0.449 e. The van der Waals surface area contributed by atoms with Gasteiger partial charge in [-0.15, -0.1) is 22.7 Å². The average molecular weight is 400 g/mol. The summed E-state index contributed by atoms with van der Waals surface area (Å²) in [7, 11) is 1.64. The number of aromatic nitrogens is 2. The van der Waals surface area contributed by atoms with Gasteiger partial charge in [-0.25, -0.2) is 9.78 Å². The summed E-state index contributed by atoms with van der Waals surface area (Å²) >= 11 is 2.93. The third-order valence-corrected chi connectivity index (χ3v) is 5.79. The zero-order chi connectivity index (χ0) is 19.0. The Labute approximate surface area is 162 Å². The van der Waals surface area contributed by atoms with E-state index in [1.54, 1.807) is 49.6 Å². The molecule has 1 aromatic carbocycles. The number of amides is 2. The molecule has 3 heterocycles. The van der Waals surface area contributed by atoms with Crippen molar-refractivity contribution in [3.8, 4) is 0 Å². The number of benzene rings is 1. The van der Waals surface area contributed by atoms with Gasteiger partial charge in [0.15, 0.2) is 4.96 Å². The highest BCUT2D eigenvalue weighted by Gasteiger charge is 2.16. The molecule has 0 saturated carbocycles. The van der Waals surface area contributed by atoms with E-state index in [-0.39, 0.29) is 5.91 Å². The molecule has 0 aliphatic carbocycles. The molecule has 0 radical (unpaired) electrons. The number of carbonyl (C=O) groups is 2. The van der Waals surface area contributed by atoms with Crippen molar-refractivity contribution in [1.29, 1.82) is 0 Å². The lowest BCUT2D eigenvalue weighted by Crippen LogP contribution is -2.26. The van der Waals surface area contributed by atoms with Gasteiger partial charge in [-0.05, 0) is 37.3 Å². The molecule has 0 bridgehead atoms. The van der Waals surface area contributed by atoms with Crippen molar-refractivity contribution in [2.75, 3.05) is 23.9 Å². The first-order chi connectivity index (χ1) is 13.1. The van der Waals surface area contributed by atoms with Crippen LogP contribution in [0.4, 0.5) is 16.2 Å². The molecular formula is C18H16N4O3S2. The lowest BCUT2D eigenvalue weighted by atomic mass is 10.2. The number of nitrogens with zero attached hydrogens (tertiary/aromatic N) is 3. The molecule has 3 aromatic heterocycles. The van der Waals surface area contributed by atoms with Crippen molar-refractivity contribution < 1.29 is 14.3 Å². The highest BCUT2D eigenvalue weighted by molar-refractivity contribution is 7.21. The van der Waals surface area contributed by atoms with Gasteiger partial charge in [0.25, 0.3) is 5.91 Å². The Morgan fingerprint density at radius 1 is 1.30 bits per heavy atom. The second-order valence-electron chi connectivity index (χ2n) is 5.73. The molecule has 7 nitrogen and oxygen atoms in total. The first-order valence-corrected chi connectivity index (χ1v) is 9.93. The summed E-state index contributed by atoms with van der Waals surface area (Å²) in [5.41, 5.74) is 2.27. The fraction of sp³-hybridized carbons (Fsp3) is 0.167. The van der Waals surface area contributed by atoms with Crippen LogP contribution in [0.25, 0.3) is 15.3 Å². The van der Waals surface area contributed by atoms with Crippen molar-refractivity contribution in [3.63, 3.8) is 0 Å². The molecule has 0 aliphatic rings. The van der Waals surface area contributed by atoms with Crippen LogP contribution in [0.15, 0.2) is 41.9 Å². The van der Waals surface area contributed by atoms with Crippen LogP contribution >= 0.6 is 22.7 Å². The minimum Gasteiger partial charge on any atom is -0.449 e. The molecule has 0 unspecified atom stereocenters. The third kappa shape index (κ3) is 3.26. The lowest BCUT2D eigenvalue weighted by molar-refractivity contribution is 0.103. The summed E-state index contributed by atoms with van der Waals surface area (Å²) < 4.78 is 6.95. The number of thiophene rings is 1. The summed E-state index contributed by atoms with van der Waals surface area (Å²) in [6.07, 6.45) is 1.53. The zero-order valence-corrected chi connectivity index (χ0v) is 16.3. The standard InChI is InChI=1S/C18H16N4O3S2/c1-3-25-18(24)21(2)12-6-4-11(5-7-12)19-15(23)14-10-13-16(27-14)20-17-22(13)8-9-26-17/h4-10H,3H2,1-2H3,(H,19,23). The molecule has 2 amide bonds. The number of ether oxygens (including phenoxy) is 1. The predicted molar refractivity (Wildman–Crippen MR) is 108 cm³/mol. The average Bonchev–Trinajstić information content (AvgIpc) is 3.34. The molecule has 138 valence electrons. The fourth-order valence-corrected chi connectivity index (χ4v) is 4.34. The van der Waals surface area contributed by atoms with E-state index in [2.05, 4.69) is 10.3 Å². The van der Waals surface area contributed by atoms with Crippen molar-refractivity contribution >= 4 is 61.4 Å². The summed E-state index contributed by atoms with van der Waals surface area (Å²) in [5.74, 6) is -0.187. The summed E-state index contributed by atoms with van der Waals surface area (Å²) in [6, 6.07) is 8.86. The van der Waals surface area contributed by atoms with E-state index in [0.717, 1.165) is 15.3 Å². The van der Waals surface area contributed by atoms with E-state index in [1.165, 1.54) is 16.2 Å². The molecular weight excluding hydrogens is 384 g/mol. The van der Waals surface area contributed by atoms with Gasteiger partial charge in [-0.2, -0.15) is 0 Å². The number of nitrogens with one attached hydrogen (secondary N) is 1. The van der Waals surface area contributed by atoms with Crippen molar-refractivity contribution in [2.24, 2.45) is 0 Å². The third-order valence-electron chi connectivity index (χ3n) is 4.02. The number of thiazole rings is 1. The van der Waals surface area contributed by atoms with Crippen LogP contribution in [-0.2, 0) is 4.74 Å². The van der Waals surface area contributed by atoms with Gasteiger partial charge in [0, 0.05) is 30.0 Å². The molecule has 4 rings (SSSR count). The molecule has 9 heteroatoms. The minimum atomic E-state index is -0.420. The number of carbonyl (C=O) groups excluding carboxylic acids is 2. The second kappa shape index (κ2) is 7.01. The highest BCUT2D eigenvalue weighted by atomic mass is 32.1. The number of rotatable bonds is 4. The number of imidazole rings is 1. The van der Waals surface area contributed by atoms with Gasteiger partial charge in [-0.1, -0.05) is 0 Å². The van der Waals surface area contributed by atoms with Gasteiger partial charge in [0.1, 0.15) is 4.83 Å². The fourth-order valence-electron chi connectivity index (χ4n) is 2.65. The van der Waals surface area contributed by atoms with Crippen LogP contribution in [0.3, 0.4) is 0 Å². The van der Waals surface area contributed by atoms with Crippen molar-refractivity contribution in [3.05, 3.63) is 46.8 Å². The normalized spacial score (nSPS) is 11.0. The summed E-state index contributed by atoms with van der Waals surface area (Å²) in [6.45, 7) is 2.08. The van der Waals surface area contributed by atoms with E-state index in [0.29, 0.717) is 22.9 Å². The lowest BCUT2D eigenvalue weighted by Gasteiger charge is -2.16. The molecule has 0 aliphatic heterocycles. The molecule has 4 aromatic rings. The summed E-state index contributed by atoms with van der Waals surface area (Å²) in [5, 5.41) is 4.84. The molecule has 0 spiro atoms. The van der Waals surface area contributed by atoms with Crippen LogP contribution in [0.5, 0.6) is 0 Å². The molecule has 0 atom stereocenters. The van der Waals surface area contributed by atoms with Crippen LogP contribution < -0.4 is 10.2 Å². The zero-order valence-electron chi connectivity index (χ0n) is 14.6. The minimum absolute atomic E-state index is 0.187. The maximum absolute atomic E-state index is 12.5. The number of hydrogen-bond acceptors (Lipinski definition) is 6. The smallest absolute Gasteiger partial charge is 0.413 e. The molecule has 0 saturated heterocycles. The first kappa shape index (κ1) is 17.5. The number of fused-ring (bicyclic) bond motifs is 3. The van der Waals surface area contributed by atoms with Gasteiger partial charge in [0.2, 0.25) is 0 Å². The van der Waals surface area contributed by atoms with Crippen LogP contribution in [0, 0.1) is 0 Å². The second-order valence-corrected chi connectivity index (χ2v) is 7.63. The van der Waals surface area contributed by atoms with E-state index in [9.17, 15) is 9.59 Å². The Morgan fingerprint density at radius 2 is 2.07 bits per heavy atom. The van der Waals surface area contributed by atoms with E-state index in [1.807, 2.05) is 22.0 Å². The van der Waals surface area contributed by atoms with E-state index < -0.39 is 6.09 Å². The van der Waals surface area contributed by atoms with Gasteiger partial charge in [-0.3, -0.25) is 14.1 Å². The van der Waals surface area contributed by atoms with Crippen molar-refractivity contribution in [1.82, 2.24) is 9.38 Å². The van der Waals surface area contributed by atoms with Gasteiger partial charge < -0.3 is 10.1 Å². The van der Waals surface area contributed by atoms with Crippen LogP contribution in [0.1, 0.15) is 16.6 Å². The molecule has 0 fully saturated rings.